The lowest BCUT2D eigenvalue weighted by atomic mass is 10.2. The molecular formula is C10H9FO3. The molecule has 0 unspecified atom stereocenters. The fourth-order valence-electron chi connectivity index (χ4n) is 0.925. The van der Waals surface area contributed by atoms with E-state index in [1.165, 1.54) is 12.1 Å². The second-order valence-electron chi connectivity index (χ2n) is 2.58. The highest BCUT2D eigenvalue weighted by molar-refractivity contribution is 5.88. The molecule has 0 spiro atoms. The summed E-state index contributed by atoms with van der Waals surface area (Å²) in [5, 5.41) is 8.62. The van der Waals surface area contributed by atoms with E-state index in [1.807, 2.05) is 0 Å². The summed E-state index contributed by atoms with van der Waals surface area (Å²) in [6.07, 6.45) is 1.49. The first-order valence-corrected chi connectivity index (χ1v) is 3.91. The standard InChI is InChI=1S/C10H9FO3/c1-2-3-14-9-5-7(10(12)13)4-8(11)6-9/h2,4-6H,1,3H2,(H,12,13). The summed E-state index contributed by atoms with van der Waals surface area (Å²) in [4.78, 5) is 10.5. The molecule has 0 heterocycles. The van der Waals surface area contributed by atoms with Crippen LogP contribution in [0.3, 0.4) is 0 Å². The summed E-state index contributed by atoms with van der Waals surface area (Å²) >= 11 is 0. The molecule has 0 saturated heterocycles. The van der Waals surface area contributed by atoms with Gasteiger partial charge in [0.1, 0.15) is 18.2 Å². The van der Waals surface area contributed by atoms with Gasteiger partial charge in [0, 0.05) is 6.07 Å². The minimum absolute atomic E-state index is 0.135. The maximum Gasteiger partial charge on any atom is 0.335 e. The van der Waals surface area contributed by atoms with E-state index in [-0.39, 0.29) is 17.9 Å². The molecule has 4 heteroatoms. The zero-order valence-electron chi connectivity index (χ0n) is 7.37. The van der Waals surface area contributed by atoms with Crippen LogP contribution in [0, 0.1) is 5.82 Å². The summed E-state index contributed by atoms with van der Waals surface area (Å²) in [6, 6.07) is 3.31. The van der Waals surface area contributed by atoms with Gasteiger partial charge in [0.25, 0.3) is 0 Å². The van der Waals surface area contributed by atoms with Gasteiger partial charge in [0.15, 0.2) is 0 Å². The maximum atomic E-state index is 12.8. The first-order chi connectivity index (χ1) is 6.63. The number of carboxylic acid groups (broad SMARTS) is 1. The summed E-state index contributed by atoms with van der Waals surface area (Å²) in [5.41, 5.74) is -0.135. The third-order valence-electron chi connectivity index (χ3n) is 1.49. The Morgan fingerprint density at radius 3 is 2.86 bits per heavy atom. The first kappa shape index (κ1) is 10.2. The largest absolute Gasteiger partial charge is 0.489 e. The van der Waals surface area contributed by atoms with Crippen molar-refractivity contribution < 1.29 is 19.0 Å². The van der Waals surface area contributed by atoms with Gasteiger partial charge in [-0.3, -0.25) is 0 Å². The first-order valence-electron chi connectivity index (χ1n) is 3.91. The highest BCUT2D eigenvalue weighted by atomic mass is 19.1. The minimum atomic E-state index is -1.19. The fraction of sp³-hybridized carbons (Fsp3) is 0.100. The number of hydrogen-bond acceptors (Lipinski definition) is 2. The molecule has 74 valence electrons. The molecule has 0 aliphatic rings. The van der Waals surface area contributed by atoms with Gasteiger partial charge < -0.3 is 9.84 Å². The van der Waals surface area contributed by atoms with Gasteiger partial charge in [-0.1, -0.05) is 12.7 Å². The maximum absolute atomic E-state index is 12.8. The highest BCUT2D eigenvalue weighted by Gasteiger charge is 2.07. The van der Waals surface area contributed by atoms with Crippen LogP contribution in [0.15, 0.2) is 30.9 Å². The van der Waals surface area contributed by atoms with E-state index in [4.69, 9.17) is 9.84 Å². The van der Waals surface area contributed by atoms with Crippen LogP contribution in [0.1, 0.15) is 10.4 Å². The van der Waals surface area contributed by atoms with E-state index in [0.717, 1.165) is 12.1 Å². The van der Waals surface area contributed by atoms with Crippen molar-refractivity contribution in [3.05, 3.63) is 42.2 Å². The van der Waals surface area contributed by atoms with Crippen LogP contribution in [0.25, 0.3) is 0 Å². The molecule has 1 N–H and O–H groups in total. The van der Waals surface area contributed by atoms with Crippen molar-refractivity contribution in [2.45, 2.75) is 0 Å². The Morgan fingerprint density at radius 1 is 1.57 bits per heavy atom. The summed E-state index contributed by atoms with van der Waals surface area (Å²) in [6.45, 7) is 3.63. The number of ether oxygens (including phenoxy) is 1. The predicted octanol–water partition coefficient (Wildman–Crippen LogP) is 2.09. The van der Waals surface area contributed by atoms with Crippen molar-refractivity contribution in [3.8, 4) is 5.75 Å². The molecule has 0 amide bonds. The normalized spacial score (nSPS) is 9.50. The van der Waals surface area contributed by atoms with Crippen molar-refractivity contribution in [2.75, 3.05) is 6.61 Å². The zero-order chi connectivity index (χ0) is 10.6. The number of aromatic carboxylic acids is 1. The van der Waals surface area contributed by atoms with Crippen LogP contribution in [0.2, 0.25) is 0 Å². The van der Waals surface area contributed by atoms with Crippen molar-refractivity contribution in [1.82, 2.24) is 0 Å². The van der Waals surface area contributed by atoms with Gasteiger partial charge >= 0.3 is 5.97 Å². The third kappa shape index (κ3) is 2.58. The highest BCUT2D eigenvalue weighted by Crippen LogP contribution is 2.16. The lowest BCUT2D eigenvalue weighted by Gasteiger charge is -2.04. The van der Waals surface area contributed by atoms with Gasteiger partial charge in [-0.25, -0.2) is 9.18 Å². The average Bonchev–Trinajstić information content (AvgIpc) is 2.14. The zero-order valence-corrected chi connectivity index (χ0v) is 7.37. The SMILES string of the molecule is C=CCOc1cc(F)cc(C(=O)O)c1. The molecule has 3 nitrogen and oxygen atoms in total. The van der Waals surface area contributed by atoms with E-state index in [2.05, 4.69) is 6.58 Å². The summed E-state index contributed by atoms with van der Waals surface area (Å²) in [7, 11) is 0. The number of halogens is 1. The molecule has 0 aromatic heterocycles. The molecule has 1 rings (SSSR count). The van der Waals surface area contributed by atoms with E-state index >= 15 is 0 Å². The number of carboxylic acids is 1. The van der Waals surface area contributed by atoms with Crippen LogP contribution in [0.4, 0.5) is 4.39 Å². The smallest absolute Gasteiger partial charge is 0.335 e. The van der Waals surface area contributed by atoms with Crippen molar-refractivity contribution in [3.63, 3.8) is 0 Å². The van der Waals surface area contributed by atoms with Gasteiger partial charge in [-0.05, 0) is 12.1 Å². The van der Waals surface area contributed by atoms with Crippen LogP contribution in [-0.4, -0.2) is 17.7 Å². The van der Waals surface area contributed by atoms with Gasteiger partial charge in [0.05, 0.1) is 5.56 Å². The molecular weight excluding hydrogens is 187 g/mol. The quantitative estimate of drug-likeness (QED) is 0.750. The number of rotatable bonds is 4. The van der Waals surface area contributed by atoms with Crippen molar-refractivity contribution >= 4 is 5.97 Å². The molecule has 14 heavy (non-hydrogen) atoms. The number of benzene rings is 1. The average molecular weight is 196 g/mol. The second kappa shape index (κ2) is 4.41. The van der Waals surface area contributed by atoms with Crippen LogP contribution in [0.5, 0.6) is 5.75 Å². The van der Waals surface area contributed by atoms with Gasteiger partial charge in [0.2, 0.25) is 0 Å². The Hall–Kier alpha value is -1.84. The summed E-state index contributed by atoms with van der Waals surface area (Å²) in [5.74, 6) is -1.64. The topological polar surface area (TPSA) is 46.5 Å². The molecule has 0 fully saturated rings. The molecule has 0 atom stereocenters. The van der Waals surface area contributed by atoms with E-state index in [9.17, 15) is 9.18 Å². The third-order valence-corrected chi connectivity index (χ3v) is 1.49. The molecule has 1 aromatic rings. The molecule has 0 radical (unpaired) electrons. The minimum Gasteiger partial charge on any atom is -0.489 e. The van der Waals surface area contributed by atoms with Crippen LogP contribution < -0.4 is 4.74 Å². The lowest BCUT2D eigenvalue weighted by molar-refractivity contribution is 0.0696. The Bertz CT molecular complexity index is 360. The van der Waals surface area contributed by atoms with E-state index in [1.54, 1.807) is 0 Å². The van der Waals surface area contributed by atoms with Crippen LogP contribution in [-0.2, 0) is 0 Å². The Kier molecular flexibility index (Phi) is 3.23. The van der Waals surface area contributed by atoms with Crippen LogP contribution >= 0.6 is 0 Å². The van der Waals surface area contributed by atoms with Gasteiger partial charge in [-0.2, -0.15) is 0 Å². The monoisotopic (exact) mass is 196 g/mol. The molecule has 0 aliphatic heterocycles. The van der Waals surface area contributed by atoms with Gasteiger partial charge in [-0.15, -0.1) is 0 Å². The fourth-order valence-corrected chi connectivity index (χ4v) is 0.925. The molecule has 0 bridgehead atoms. The Labute approximate surface area is 80.4 Å². The number of hydrogen-bond donors (Lipinski definition) is 1. The lowest BCUT2D eigenvalue weighted by Crippen LogP contribution is -2.00. The Balaban J connectivity index is 2.94. The molecule has 1 aromatic carbocycles. The van der Waals surface area contributed by atoms with Crippen molar-refractivity contribution in [2.24, 2.45) is 0 Å². The van der Waals surface area contributed by atoms with E-state index in [0.29, 0.717) is 0 Å². The second-order valence-corrected chi connectivity index (χ2v) is 2.58. The van der Waals surface area contributed by atoms with E-state index < -0.39 is 11.8 Å². The summed E-state index contributed by atoms with van der Waals surface area (Å²) < 4.78 is 17.9. The molecule has 0 aliphatic carbocycles. The predicted molar refractivity (Wildman–Crippen MR) is 49.1 cm³/mol. The number of carbonyl (C=O) groups is 1. The molecule has 0 saturated carbocycles. The Morgan fingerprint density at radius 2 is 2.29 bits per heavy atom. The van der Waals surface area contributed by atoms with Crippen molar-refractivity contribution in [1.29, 1.82) is 0 Å².